The molecule has 3 rings (SSSR count). The number of benzene rings is 2. The van der Waals surface area contributed by atoms with E-state index in [4.69, 9.17) is 4.52 Å². The summed E-state index contributed by atoms with van der Waals surface area (Å²) in [6, 6.07) is 20.7. The molecule has 0 radical (unpaired) electrons. The highest BCUT2D eigenvalue weighted by molar-refractivity contribution is 9.10. The Morgan fingerprint density at radius 2 is 1.67 bits per heavy atom. The van der Waals surface area contributed by atoms with Crippen molar-refractivity contribution in [3.8, 4) is 0 Å². The normalized spacial score (nSPS) is 12.2. The monoisotopic (exact) mass is 342 g/mol. The molecule has 0 saturated carbocycles. The van der Waals surface area contributed by atoms with Crippen LogP contribution in [0.4, 0.5) is 0 Å². The maximum absolute atomic E-state index is 4.88. The minimum Gasteiger partial charge on any atom is -0.364 e. The molecule has 106 valence electrons. The van der Waals surface area contributed by atoms with Gasteiger partial charge in [-0.1, -0.05) is 63.6 Å². The van der Waals surface area contributed by atoms with Crippen molar-refractivity contribution in [3.63, 3.8) is 0 Å². The number of nitrogens with zero attached hydrogens (tertiary/aromatic N) is 1. The molecule has 3 nitrogen and oxygen atoms in total. The van der Waals surface area contributed by atoms with Crippen LogP contribution in [0.25, 0.3) is 0 Å². The summed E-state index contributed by atoms with van der Waals surface area (Å²) in [6.07, 6.45) is 1.59. The van der Waals surface area contributed by atoms with Crippen LogP contribution in [0.15, 0.2) is 75.9 Å². The van der Waals surface area contributed by atoms with E-state index in [2.05, 4.69) is 74.9 Å². The summed E-state index contributed by atoms with van der Waals surface area (Å²) in [7, 11) is 0. The number of nitrogens with one attached hydrogen (secondary N) is 1. The van der Waals surface area contributed by atoms with Gasteiger partial charge in [0.2, 0.25) is 0 Å². The largest absolute Gasteiger partial charge is 0.364 e. The second-order valence-electron chi connectivity index (χ2n) is 4.77. The van der Waals surface area contributed by atoms with Gasteiger partial charge >= 0.3 is 0 Å². The summed E-state index contributed by atoms with van der Waals surface area (Å²) in [5, 5.41) is 7.48. The molecule has 0 unspecified atom stereocenters. The third-order valence-electron chi connectivity index (χ3n) is 3.31. The van der Waals surface area contributed by atoms with Crippen molar-refractivity contribution in [1.82, 2.24) is 10.5 Å². The van der Waals surface area contributed by atoms with Gasteiger partial charge in [-0.15, -0.1) is 0 Å². The van der Waals surface area contributed by atoms with Gasteiger partial charge < -0.3 is 9.84 Å². The van der Waals surface area contributed by atoms with Crippen LogP contribution in [0, 0.1) is 0 Å². The van der Waals surface area contributed by atoms with Crippen LogP contribution < -0.4 is 5.32 Å². The molecule has 1 heterocycles. The molecule has 0 fully saturated rings. The zero-order chi connectivity index (χ0) is 14.5. The van der Waals surface area contributed by atoms with Gasteiger partial charge in [0.15, 0.2) is 0 Å². The number of aromatic nitrogens is 1. The average Bonchev–Trinajstić information content (AvgIpc) is 3.04. The van der Waals surface area contributed by atoms with E-state index in [1.807, 2.05) is 12.1 Å². The fourth-order valence-electron chi connectivity index (χ4n) is 2.26. The lowest BCUT2D eigenvalue weighted by Gasteiger charge is -2.19. The van der Waals surface area contributed by atoms with E-state index in [1.165, 1.54) is 11.1 Å². The molecule has 0 aliphatic carbocycles. The fraction of sp³-hybridized carbons (Fsp3) is 0.118. The topological polar surface area (TPSA) is 38.1 Å². The Morgan fingerprint density at radius 3 is 2.33 bits per heavy atom. The molecule has 0 saturated heterocycles. The maximum Gasteiger partial charge on any atom is 0.124 e. The van der Waals surface area contributed by atoms with E-state index >= 15 is 0 Å². The van der Waals surface area contributed by atoms with Crippen molar-refractivity contribution < 1.29 is 4.52 Å². The van der Waals surface area contributed by atoms with Crippen molar-refractivity contribution in [3.05, 3.63) is 88.2 Å². The number of halogens is 1. The Labute approximate surface area is 132 Å². The van der Waals surface area contributed by atoms with E-state index < -0.39 is 0 Å². The lowest BCUT2D eigenvalue weighted by molar-refractivity contribution is 0.407. The Hall–Kier alpha value is -1.91. The number of rotatable bonds is 5. The molecule has 21 heavy (non-hydrogen) atoms. The molecule has 4 heteroatoms. The molecule has 3 aromatic rings. The van der Waals surface area contributed by atoms with E-state index in [9.17, 15) is 0 Å². The van der Waals surface area contributed by atoms with E-state index in [0.29, 0.717) is 6.54 Å². The zero-order valence-corrected chi connectivity index (χ0v) is 13.0. The van der Waals surface area contributed by atoms with Crippen LogP contribution in [-0.2, 0) is 6.54 Å². The molecule has 0 spiro atoms. The lowest BCUT2D eigenvalue weighted by atomic mass is 9.99. The van der Waals surface area contributed by atoms with E-state index in [1.54, 1.807) is 6.26 Å². The van der Waals surface area contributed by atoms with Gasteiger partial charge in [0.1, 0.15) is 6.26 Å². The summed E-state index contributed by atoms with van der Waals surface area (Å²) in [5.74, 6) is 0. The van der Waals surface area contributed by atoms with Crippen molar-refractivity contribution in [1.29, 1.82) is 0 Å². The third kappa shape index (κ3) is 3.60. The van der Waals surface area contributed by atoms with Crippen molar-refractivity contribution in [2.75, 3.05) is 0 Å². The maximum atomic E-state index is 4.88. The second-order valence-corrected chi connectivity index (χ2v) is 5.68. The summed E-state index contributed by atoms with van der Waals surface area (Å²) < 4.78 is 5.96. The minimum absolute atomic E-state index is 0.121. The molecule has 1 N–H and O–H groups in total. The van der Waals surface area contributed by atoms with Gasteiger partial charge in [-0.2, -0.15) is 0 Å². The molecular formula is C17H15BrN2O. The molecule has 1 aromatic heterocycles. The van der Waals surface area contributed by atoms with Gasteiger partial charge in [-0.3, -0.25) is 0 Å². The predicted octanol–water partition coefficient (Wildman–Crippen LogP) is 4.32. The predicted molar refractivity (Wildman–Crippen MR) is 85.8 cm³/mol. The summed E-state index contributed by atoms with van der Waals surface area (Å²) in [4.78, 5) is 0. The van der Waals surface area contributed by atoms with Gasteiger partial charge in [-0.25, -0.2) is 0 Å². The van der Waals surface area contributed by atoms with Crippen LogP contribution in [0.2, 0.25) is 0 Å². The highest BCUT2D eigenvalue weighted by Crippen LogP contribution is 2.24. The Kier molecular flexibility index (Phi) is 4.48. The van der Waals surface area contributed by atoms with E-state index in [0.717, 1.165) is 10.2 Å². The molecule has 2 aromatic carbocycles. The smallest absolute Gasteiger partial charge is 0.124 e. The van der Waals surface area contributed by atoms with Crippen molar-refractivity contribution >= 4 is 15.9 Å². The average molecular weight is 343 g/mol. The Morgan fingerprint density at radius 1 is 0.952 bits per heavy atom. The molecule has 0 amide bonds. The fourth-order valence-corrected chi connectivity index (χ4v) is 2.53. The SMILES string of the molecule is Brc1ccc([C@@H](NCc2ccon2)c2ccccc2)cc1. The van der Waals surface area contributed by atoms with Gasteiger partial charge in [0, 0.05) is 17.1 Å². The van der Waals surface area contributed by atoms with Crippen molar-refractivity contribution in [2.24, 2.45) is 0 Å². The standard InChI is InChI=1S/C17H15BrN2O/c18-15-8-6-14(7-9-15)17(13-4-2-1-3-5-13)19-12-16-10-11-21-20-16/h1-11,17,19H,12H2/t17-/m0/s1. The third-order valence-corrected chi connectivity index (χ3v) is 3.84. The first-order valence-corrected chi connectivity index (χ1v) is 7.55. The van der Waals surface area contributed by atoms with Crippen LogP contribution in [0.5, 0.6) is 0 Å². The molecule has 1 atom stereocenters. The summed E-state index contributed by atoms with van der Waals surface area (Å²) >= 11 is 3.48. The summed E-state index contributed by atoms with van der Waals surface area (Å²) in [6.45, 7) is 0.659. The second kappa shape index (κ2) is 6.70. The van der Waals surface area contributed by atoms with Crippen LogP contribution in [0.1, 0.15) is 22.9 Å². The first-order valence-electron chi connectivity index (χ1n) is 6.76. The minimum atomic E-state index is 0.121. The quantitative estimate of drug-likeness (QED) is 0.750. The number of hydrogen-bond donors (Lipinski definition) is 1. The van der Waals surface area contributed by atoms with Gasteiger partial charge in [0.05, 0.1) is 11.7 Å². The molecule has 0 bridgehead atoms. The van der Waals surface area contributed by atoms with E-state index in [-0.39, 0.29) is 6.04 Å². The van der Waals surface area contributed by atoms with Gasteiger partial charge in [0.25, 0.3) is 0 Å². The summed E-state index contributed by atoms with van der Waals surface area (Å²) in [5.41, 5.74) is 3.34. The van der Waals surface area contributed by atoms with Crippen LogP contribution in [-0.4, -0.2) is 5.16 Å². The Bertz CT molecular complexity index is 666. The molecule has 0 aliphatic heterocycles. The Balaban J connectivity index is 1.85. The highest BCUT2D eigenvalue weighted by atomic mass is 79.9. The first-order chi connectivity index (χ1) is 10.3. The lowest BCUT2D eigenvalue weighted by Crippen LogP contribution is -2.22. The highest BCUT2D eigenvalue weighted by Gasteiger charge is 2.13. The van der Waals surface area contributed by atoms with Crippen LogP contribution in [0.3, 0.4) is 0 Å². The van der Waals surface area contributed by atoms with Crippen LogP contribution >= 0.6 is 15.9 Å². The zero-order valence-electron chi connectivity index (χ0n) is 11.4. The van der Waals surface area contributed by atoms with Crippen molar-refractivity contribution in [2.45, 2.75) is 12.6 Å². The molecule has 0 aliphatic rings. The first kappa shape index (κ1) is 14.0. The molecular weight excluding hydrogens is 328 g/mol. The van der Waals surface area contributed by atoms with Gasteiger partial charge in [-0.05, 0) is 23.3 Å². The number of hydrogen-bond acceptors (Lipinski definition) is 3.